The third-order valence-corrected chi connectivity index (χ3v) is 4.63. The molecule has 0 spiro atoms. The van der Waals surface area contributed by atoms with Crippen molar-refractivity contribution in [1.82, 2.24) is 9.71 Å². The van der Waals surface area contributed by atoms with Crippen molar-refractivity contribution >= 4 is 33.2 Å². The molecule has 0 bridgehead atoms. The van der Waals surface area contributed by atoms with E-state index >= 15 is 0 Å². The van der Waals surface area contributed by atoms with Gasteiger partial charge in [0.2, 0.25) is 10.0 Å². The van der Waals surface area contributed by atoms with E-state index in [-0.39, 0.29) is 27.5 Å². The summed E-state index contributed by atoms with van der Waals surface area (Å²) in [5.41, 5.74) is -1.12. The van der Waals surface area contributed by atoms with E-state index in [1.54, 1.807) is 6.92 Å². The number of nitrogens with one attached hydrogen (secondary N) is 1. The molecule has 0 saturated heterocycles. The van der Waals surface area contributed by atoms with Crippen LogP contribution in [0.4, 0.5) is 0 Å². The predicted octanol–water partition coefficient (Wildman–Crippen LogP) is 2.46. The number of hydrogen-bond acceptors (Lipinski definition) is 4. The molecule has 0 fully saturated rings. The first kappa shape index (κ1) is 17.7. The molecule has 1 heterocycles. The van der Waals surface area contributed by atoms with Crippen molar-refractivity contribution in [3.63, 3.8) is 0 Å². The summed E-state index contributed by atoms with van der Waals surface area (Å²) in [4.78, 5) is 3.60. The van der Waals surface area contributed by atoms with Crippen molar-refractivity contribution in [3.05, 3.63) is 22.4 Å². The van der Waals surface area contributed by atoms with Gasteiger partial charge in [0.25, 0.3) is 0 Å². The van der Waals surface area contributed by atoms with Crippen molar-refractivity contribution in [2.45, 2.75) is 37.7 Å². The van der Waals surface area contributed by atoms with Crippen LogP contribution >= 0.6 is 23.2 Å². The second kappa shape index (κ2) is 6.58. The fourth-order valence-corrected chi connectivity index (χ4v) is 3.30. The highest BCUT2D eigenvalue weighted by atomic mass is 35.5. The number of halogens is 2. The van der Waals surface area contributed by atoms with Crippen LogP contribution < -0.4 is 4.72 Å². The van der Waals surface area contributed by atoms with Gasteiger partial charge < -0.3 is 5.11 Å². The van der Waals surface area contributed by atoms with Gasteiger partial charge in [-0.3, -0.25) is 0 Å². The molecule has 1 rings (SSSR count). The van der Waals surface area contributed by atoms with Crippen LogP contribution in [0.5, 0.6) is 0 Å². The molecular weight excluding hydrogens is 323 g/mol. The first-order valence-corrected chi connectivity index (χ1v) is 8.30. The van der Waals surface area contributed by atoms with Crippen LogP contribution in [-0.4, -0.2) is 30.7 Å². The van der Waals surface area contributed by atoms with Crippen LogP contribution in [0.3, 0.4) is 0 Å². The Hall–Kier alpha value is -0.400. The highest BCUT2D eigenvalue weighted by Gasteiger charge is 2.25. The number of nitrogens with zero attached hydrogens (tertiary/aromatic N) is 1. The first-order chi connectivity index (χ1) is 9.03. The topological polar surface area (TPSA) is 79.3 Å². The SMILES string of the molecule is CC(C)CC(C)(O)CNS(=O)(=O)c1cnc(Cl)c(Cl)c1. The van der Waals surface area contributed by atoms with E-state index < -0.39 is 15.6 Å². The maximum atomic E-state index is 12.1. The number of aliphatic hydroxyl groups is 1. The Bertz CT molecular complexity index is 574. The summed E-state index contributed by atoms with van der Waals surface area (Å²) in [6.07, 6.45) is 1.60. The lowest BCUT2D eigenvalue weighted by molar-refractivity contribution is 0.0437. The normalized spacial score (nSPS) is 15.3. The quantitative estimate of drug-likeness (QED) is 0.779. The molecule has 20 heavy (non-hydrogen) atoms. The van der Waals surface area contributed by atoms with Crippen molar-refractivity contribution in [2.75, 3.05) is 6.54 Å². The van der Waals surface area contributed by atoms with Gasteiger partial charge in [-0.1, -0.05) is 37.0 Å². The van der Waals surface area contributed by atoms with Crippen molar-refractivity contribution in [2.24, 2.45) is 5.92 Å². The van der Waals surface area contributed by atoms with Gasteiger partial charge in [-0.15, -0.1) is 0 Å². The molecule has 1 aromatic rings. The smallest absolute Gasteiger partial charge is 0.242 e. The number of sulfonamides is 1. The fraction of sp³-hybridized carbons (Fsp3) is 0.583. The van der Waals surface area contributed by atoms with Crippen LogP contribution in [0.1, 0.15) is 27.2 Å². The molecule has 0 aromatic carbocycles. The zero-order valence-electron chi connectivity index (χ0n) is 11.5. The third kappa shape index (κ3) is 5.18. The molecule has 0 radical (unpaired) electrons. The molecule has 1 unspecified atom stereocenters. The zero-order chi connectivity index (χ0) is 15.6. The minimum atomic E-state index is -3.78. The van der Waals surface area contributed by atoms with Gasteiger partial charge in [-0.05, 0) is 25.3 Å². The molecule has 5 nitrogen and oxygen atoms in total. The van der Waals surface area contributed by atoms with Crippen molar-refractivity contribution in [1.29, 1.82) is 0 Å². The summed E-state index contributed by atoms with van der Waals surface area (Å²) >= 11 is 11.4. The number of pyridine rings is 1. The summed E-state index contributed by atoms with van der Waals surface area (Å²) < 4.78 is 26.5. The molecule has 0 aliphatic carbocycles. The van der Waals surface area contributed by atoms with Crippen LogP contribution in [0.15, 0.2) is 17.2 Å². The predicted molar refractivity (Wildman–Crippen MR) is 79.5 cm³/mol. The zero-order valence-corrected chi connectivity index (χ0v) is 13.8. The average molecular weight is 341 g/mol. The van der Waals surface area contributed by atoms with Crippen LogP contribution in [-0.2, 0) is 10.0 Å². The molecule has 0 amide bonds. The molecule has 2 N–H and O–H groups in total. The summed E-state index contributed by atoms with van der Waals surface area (Å²) in [7, 11) is -3.78. The van der Waals surface area contributed by atoms with Crippen molar-refractivity contribution < 1.29 is 13.5 Å². The number of aromatic nitrogens is 1. The Kier molecular flexibility index (Phi) is 5.80. The monoisotopic (exact) mass is 340 g/mol. The van der Waals surface area contributed by atoms with Crippen molar-refractivity contribution in [3.8, 4) is 0 Å². The maximum Gasteiger partial charge on any atom is 0.242 e. The summed E-state index contributed by atoms with van der Waals surface area (Å²) in [5.74, 6) is 0.251. The lowest BCUT2D eigenvalue weighted by Crippen LogP contribution is -2.41. The molecule has 0 aliphatic rings. The van der Waals surface area contributed by atoms with E-state index in [9.17, 15) is 13.5 Å². The van der Waals surface area contributed by atoms with Gasteiger partial charge in [0, 0.05) is 12.7 Å². The maximum absolute atomic E-state index is 12.1. The summed E-state index contributed by atoms with van der Waals surface area (Å²) in [6, 6.07) is 1.22. The van der Waals surface area contributed by atoms with Crippen LogP contribution in [0.2, 0.25) is 10.2 Å². The van der Waals surface area contributed by atoms with Gasteiger partial charge >= 0.3 is 0 Å². The highest BCUT2D eigenvalue weighted by Crippen LogP contribution is 2.22. The largest absolute Gasteiger partial charge is 0.389 e. The van der Waals surface area contributed by atoms with Gasteiger partial charge in [0.15, 0.2) is 0 Å². The summed E-state index contributed by atoms with van der Waals surface area (Å²) in [6.45, 7) is 5.40. The third-order valence-electron chi connectivity index (χ3n) is 2.57. The fourth-order valence-electron chi connectivity index (χ4n) is 1.84. The van der Waals surface area contributed by atoms with Gasteiger partial charge in [0.05, 0.1) is 10.6 Å². The first-order valence-electron chi connectivity index (χ1n) is 6.06. The van der Waals surface area contributed by atoms with Gasteiger partial charge in [-0.25, -0.2) is 18.1 Å². The molecule has 8 heteroatoms. The van der Waals surface area contributed by atoms with E-state index in [0.717, 1.165) is 6.20 Å². The van der Waals surface area contributed by atoms with E-state index in [4.69, 9.17) is 23.2 Å². The van der Waals surface area contributed by atoms with Crippen LogP contribution in [0, 0.1) is 5.92 Å². The Labute approximate surface area is 129 Å². The Morgan fingerprint density at radius 2 is 2.05 bits per heavy atom. The molecule has 0 saturated carbocycles. The Balaban J connectivity index is 2.82. The Morgan fingerprint density at radius 1 is 1.45 bits per heavy atom. The van der Waals surface area contributed by atoms with Gasteiger partial charge in [-0.2, -0.15) is 0 Å². The standard InChI is InChI=1S/C12H18Cl2N2O3S/c1-8(2)5-12(3,17)7-16-20(18,19)9-4-10(13)11(14)15-6-9/h4,6,8,16-17H,5,7H2,1-3H3. The van der Waals surface area contributed by atoms with Gasteiger partial charge in [0.1, 0.15) is 10.0 Å². The van der Waals surface area contributed by atoms with E-state index in [2.05, 4.69) is 9.71 Å². The molecule has 1 atom stereocenters. The minimum Gasteiger partial charge on any atom is -0.389 e. The molecular formula is C12H18Cl2N2O3S. The summed E-state index contributed by atoms with van der Waals surface area (Å²) in [5, 5.41) is 10.2. The molecule has 1 aromatic heterocycles. The Morgan fingerprint density at radius 3 is 2.55 bits per heavy atom. The lowest BCUT2D eigenvalue weighted by Gasteiger charge is -2.25. The second-order valence-electron chi connectivity index (χ2n) is 5.36. The lowest BCUT2D eigenvalue weighted by atomic mass is 9.95. The molecule has 0 aliphatic heterocycles. The number of rotatable bonds is 6. The molecule has 114 valence electrons. The minimum absolute atomic E-state index is 0.0393. The van der Waals surface area contributed by atoms with Crippen LogP contribution in [0.25, 0.3) is 0 Å². The highest BCUT2D eigenvalue weighted by molar-refractivity contribution is 7.89. The van der Waals surface area contributed by atoms with E-state index in [1.165, 1.54) is 6.07 Å². The number of hydrogen-bond donors (Lipinski definition) is 2. The second-order valence-corrected chi connectivity index (χ2v) is 7.90. The van der Waals surface area contributed by atoms with E-state index in [1.807, 2.05) is 13.8 Å². The van der Waals surface area contributed by atoms with E-state index in [0.29, 0.717) is 6.42 Å². The average Bonchev–Trinajstić information content (AvgIpc) is 2.29.